The molecular formula is C20H27FN4OS. The second kappa shape index (κ2) is 9.78. The zero-order valence-electron chi connectivity index (χ0n) is 15.9. The number of nitrogens with zero attached hydrogens (tertiary/aromatic N) is 4. The number of likely N-dealkylation sites (tertiary alicyclic amines) is 1. The van der Waals surface area contributed by atoms with Gasteiger partial charge in [-0.2, -0.15) is 4.37 Å². The number of carbonyl (C=O) groups excluding carboxylic acids is 1. The summed E-state index contributed by atoms with van der Waals surface area (Å²) in [6, 6.07) is 6.44. The predicted octanol–water partition coefficient (Wildman–Crippen LogP) is 3.89. The molecule has 0 radical (unpaired) electrons. The molecule has 0 N–H and O–H groups in total. The normalized spacial score (nSPS) is 13.9. The van der Waals surface area contributed by atoms with Crippen LogP contribution in [-0.4, -0.2) is 46.3 Å². The summed E-state index contributed by atoms with van der Waals surface area (Å²) in [6.45, 7) is 5.52. The van der Waals surface area contributed by atoms with Crippen LogP contribution < -0.4 is 4.90 Å². The van der Waals surface area contributed by atoms with Gasteiger partial charge in [0.2, 0.25) is 11.0 Å². The summed E-state index contributed by atoms with van der Waals surface area (Å²) in [5.74, 6) is 0.748. The monoisotopic (exact) mass is 390 g/mol. The van der Waals surface area contributed by atoms with Gasteiger partial charge in [0.05, 0.1) is 0 Å². The number of hydrogen-bond donors (Lipinski definition) is 0. The Labute approximate surface area is 164 Å². The Bertz CT molecular complexity index is 728. The molecule has 146 valence electrons. The fourth-order valence-electron chi connectivity index (χ4n) is 3.24. The van der Waals surface area contributed by atoms with Crippen molar-refractivity contribution in [2.75, 3.05) is 31.1 Å². The van der Waals surface area contributed by atoms with Crippen molar-refractivity contribution >= 4 is 22.6 Å². The van der Waals surface area contributed by atoms with Gasteiger partial charge in [0, 0.05) is 50.6 Å². The second-order valence-electron chi connectivity index (χ2n) is 6.97. The molecule has 0 saturated carbocycles. The number of anilines is 1. The van der Waals surface area contributed by atoms with Crippen LogP contribution >= 0.6 is 11.5 Å². The summed E-state index contributed by atoms with van der Waals surface area (Å²) in [6.07, 6.45) is 5.51. The minimum Gasteiger partial charge on any atom is -0.346 e. The Morgan fingerprint density at radius 1 is 1.22 bits per heavy atom. The molecule has 0 unspecified atom stereocenters. The highest BCUT2D eigenvalue weighted by atomic mass is 32.1. The van der Waals surface area contributed by atoms with E-state index in [1.54, 1.807) is 12.1 Å². The van der Waals surface area contributed by atoms with E-state index in [0.29, 0.717) is 19.4 Å². The van der Waals surface area contributed by atoms with Crippen molar-refractivity contribution in [1.29, 1.82) is 0 Å². The smallest absolute Gasteiger partial charge is 0.224 e. The molecule has 1 fully saturated rings. The first-order valence-corrected chi connectivity index (χ1v) is 10.5. The topological polar surface area (TPSA) is 49.3 Å². The molecule has 0 bridgehead atoms. The molecule has 3 rings (SSSR count). The molecule has 1 aromatic carbocycles. The first-order valence-electron chi connectivity index (χ1n) is 9.75. The van der Waals surface area contributed by atoms with Crippen molar-refractivity contribution in [1.82, 2.24) is 14.3 Å². The van der Waals surface area contributed by atoms with E-state index in [-0.39, 0.29) is 11.7 Å². The van der Waals surface area contributed by atoms with Gasteiger partial charge in [0.15, 0.2) is 0 Å². The number of benzene rings is 1. The predicted molar refractivity (Wildman–Crippen MR) is 107 cm³/mol. The number of hydrogen-bond acceptors (Lipinski definition) is 5. The Hall–Kier alpha value is -2.02. The summed E-state index contributed by atoms with van der Waals surface area (Å²) in [5.41, 5.74) is 0.991. The first kappa shape index (κ1) is 19.7. The van der Waals surface area contributed by atoms with Gasteiger partial charge < -0.3 is 9.80 Å². The maximum atomic E-state index is 13.0. The molecule has 7 heteroatoms. The highest BCUT2D eigenvalue weighted by Crippen LogP contribution is 2.21. The van der Waals surface area contributed by atoms with Crippen LogP contribution in [0.3, 0.4) is 0 Å². The maximum Gasteiger partial charge on any atom is 0.224 e. The lowest BCUT2D eigenvalue weighted by Gasteiger charge is -2.22. The highest BCUT2D eigenvalue weighted by Gasteiger charge is 2.20. The van der Waals surface area contributed by atoms with Crippen LogP contribution in [0.25, 0.3) is 0 Å². The Morgan fingerprint density at radius 3 is 2.67 bits per heavy atom. The molecule has 0 aliphatic carbocycles. The van der Waals surface area contributed by atoms with E-state index in [0.717, 1.165) is 61.8 Å². The van der Waals surface area contributed by atoms with Gasteiger partial charge in [-0.05, 0) is 37.0 Å². The summed E-state index contributed by atoms with van der Waals surface area (Å²) < 4.78 is 17.5. The molecule has 0 atom stereocenters. The summed E-state index contributed by atoms with van der Waals surface area (Å²) >= 11 is 1.38. The lowest BCUT2D eigenvalue weighted by atomic mass is 10.1. The second-order valence-corrected chi connectivity index (χ2v) is 7.71. The molecule has 1 saturated heterocycles. The molecule has 27 heavy (non-hydrogen) atoms. The molecule has 1 aromatic heterocycles. The molecular weight excluding hydrogens is 363 g/mol. The average molecular weight is 391 g/mol. The number of carbonyl (C=O) groups is 1. The van der Waals surface area contributed by atoms with Crippen LogP contribution in [0.5, 0.6) is 0 Å². The number of amides is 1. The largest absolute Gasteiger partial charge is 0.346 e. The van der Waals surface area contributed by atoms with E-state index in [1.165, 1.54) is 23.7 Å². The minimum atomic E-state index is -0.237. The van der Waals surface area contributed by atoms with Gasteiger partial charge in [0.1, 0.15) is 11.6 Å². The van der Waals surface area contributed by atoms with E-state index in [9.17, 15) is 9.18 Å². The Balaban J connectivity index is 1.60. The number of rotatable bonds is 9. The molecule has 5 nitrogen and oxygen atoms in total. The van der Waals surface area contributed by atoms with Gasteiger partial charge in [-0.3, -0.25) is 4.79 Å². The van der Waals surface area contributed by atoms with Crippen LogP contribution in [0.15, 0.2) is 24.3 Å². The zero-order valence-corrected chi connectivity index (χ0v) is 16.7. The zero-order chi connectivity index (χ0) is 19.1. The molecule has 2 aromatic rings. The van der Waals surface area contributed by atoms with Crippen molar-refractivity contribution < 1.29 is 9.18 Å². The van der Waals surface area contributed by atoms with E-state index in [1.807, 2.05) is 4.90 Å². The summed E-state index contributed by atoms with van der Waals surface area (Å²) in [7, 11) is 0. The standard InChI is InChI=1S/C20H27FN4OS/c1-2-3-11-25(14-10-19(26)24-12-4-5-13-24)20-22-18(23-27-20)15-16-6-8-17(21)9-7-16/h6-9H,2-5,10-15H2,1H3. The SMILES string of the molecule is CCCCN(CCC(=O)N1CCCC1)c1nc(Cc2ccc(F)cc2)ns1. The van der Waals surface area contributed by atoms with E-state index in [4.69, 9.17) is 0 Å². The maximum absolute atomic E-state index is 13.0. The first-order chi connectivity index (χ1) is 13.2. The van der Waals surface area contributed by atoms with Crippen LogP contribution in [0.1, 0.15) is 50.4 Å². The number of aromatic nitrogens is 2. The Morgan fingerprint density at radius 2 is 1.96 bits per heavy atom. The van der Waals surface area contributed by atoms with E-state index >= 15 is 0 Å². The van der Waals surface area contributed by atoms with Crippen LogP contribution in [0, 0.1) is 5.82 Å². The van der Waals surface area contributed by atoms with Crippen LogP contribution in [-0.2, 0) is 11.2 Å². The lowest BCUT2D eigenvalue weighted by Crippen LogP contribution is -2.33. The molecule has 1 amide bonds. The van der Waals surface area contributed by atoms with Crippen molar-refractivity contribution in [2.45, 2.75) is 45.4 Å². The van der Waals surface area contributed by atoms with Gasteiger partial charge in [-0.25, -0.2) is 9.37 Å². The van der Waals surface area contributed by atoms with Gasteiger partial charge in [-0.1, -0.05) is 25.5 Å². The lowest BCUT2D eigenvalue weighted by molar-refractivity contribution is -0.129. The summed E-state index contributed by atoms with van der Waals surface area (Å²) in [4.78, 5) is 21.2. The van der Waals surface area contributed by atoms with Gasteiger partial charge >= 0.3 is 0 Å². The third-order valence-electron chi connectivity index (χ3n) is 4.84. The van der Waals surface area contributed by atoms with Crippen molar-refractivity contribution in [3.05, 3.63) is 41.5 Å². The van der Waals surface area contributed by atoms with Crippen LogP contribution in [0.4, 0.5) is 9.52 Å². The fraction of sp³-hybridized carbons (Fsp3) is 0.550. The van der Waals surface area contributed by atoms with Crippen LogP contribution in [0.2, 0.25) is 0 Å². The van der Waals surface area contributed by atoms with Crippen molar-refractivity contribution in [3.63, 3.8) is 0 Å². The van der Waals surface area contributed by atoms with Gasteiger partial charge in [-0.15, -0.1) is 0 Å². The molecule has 1 aliphatic rings. The molecule has 1 aliphatic heterocycles. The van der Waals surface area contributed by atoms with Crippen molar-refractivity contribution in [3.8, 4) is 0 Å². The third-order valence-corrected chi connectivity index (χ3v) is 5.65. The number of halogens is 1. The fourth-order valence-corrected chi connectivity index (χ4v) is 3.97. The van der Waals surface area contributed by atoms with Crippen molar-refractivity contribution in [2.24, 2.45) is 0 Å². The molecule has 0 spiro atoms. The average Bonchev–Trinajstić information content (AvgIpc) is 3.36. The Kier molecular flexibility index (Phi) is 7.15. The quantitative estimate of drug-likeness (QED) is 0.652. The minimum absolute atomic E-state index is 0.237. The molecule has 2 heterocycles. The van der Waals surface area contributed by atoms with Gasteiger partial charge in [0.25, 0.3) is 0 Å². The third kappa shape index (κ3) is 5.73. The van der Waals surface area contributed by atoms with E-state index < -0.39 is 0 Å². The number of unbranched alkanes of at least 4 members (excludes halogenated alkanes) is 1. The summed E-state index contributed by atoms with van der Waals surface area (Å²) in [5, 5.41) is 0.870. The highest BCUT2D eigenvalue weighted by molar-refractivity contribution is 7.09. The van der Waals surface area contributed by atoms with E-state index in [2.05, 4.69) is 21.2 Å².